The number of aromatic nitrogens is 2. The largest absolute Gasteiger partial charge is 0.497 e. The van der Waals surface area contributed by atoms with Crippen molar-refractivity contribution in [3.05, 3.63) is 94.4 Å². The molecule has 11 nitrogen and oxygen atoms in total. The number of aliphatic hydroxyl groups excluding tert-OH is 1. The van der Waals surface area contributed by atoms with E-state index in [0.29, 0.717) is 34.6 Å². The monoisotopic (exact) mass is 682 g/mol. The van der Waals surface area contributed by atoms with Crippen LogP contribution in [0.5, 0.6) is 5.75 Å². The molecule has 1 aromatic heterocycles. The molecular weight excluding hydrogens is 641 g/mol. The minimum atomic E-state index is -3.00. The number of benzene rings is 3. The molecular formula is C37H42N4O7Si. The molecule has 2 fully saturated rings. The van der Waals surface area contributed by atoms with Gasteiger partial charge in [0.2, 0.25) is 5.91 Å². The first-order chi connectivity index (χ1) is 23.5. The van der Waals surface area contributed by atoms with Crippen LogP contribution in [-0.2, 0) is 26.5 Å². The number of hydrogen-bond donors (Lipinski definition) is 2. The van der Waals surface area contributed by atoms with Gasteiger partial charge in [-0.05, 0) is 67.9 Å². The molecule has 3 aliphatic rings. The van der Waals surface area contributed by atoms with Gasteiger partial charge in [0.15, 0.2) is 13.9 Å². The van der Waals surface area contributed by atoms with Crippen LogP contribution in [0.2, 0.25) is 18.6 Å². The molecule has 4 heterocycles. The Morgan fingerprint density at radius 2 is 1.90 bits per heavy atom. The second-order valence-corrected chi connectivity index (χ2v) is 18.0. The van der Waals surface area contributed by atoms with Crippen LogP contribution in [-0.4, -0.2) is 77.1 Å². The predicted molar refractivity (Wildman–Crippen MR) is 187 cm³/mol. The maximum absolute atomic E-state index is 14.9. The van der Waals surface area contributed by atoms with Crippen LogP contribution in [0.4, 0.5) is 5.69 Å². The number of nitrogens with zero attached hydrogens (tertiary/aromatic N) is 4. The number of amides is 2. The summed E-state index contributed by atoms with van der Waals surface area (Å²) < 4.78 is 13.8. The molecule has 12 heteroatoms. The fourth-order valence-electron chi connectivity index (χ4n) is 8.43. The number of likely N-dealkylation sites (tertiary alicyclic amines) is 1. The summed E-state index contributed by atoms with van der Waals surface area (Å²) in [5.41, 5.74) is 0.531. The van der Waals surface area contributed by atoms with Gasteiger partial charge in [0.05, 0.1) is 61.8 Å². The standard InChI is InChI=1S/C37H42N4O7Si/c1-23-34(49(3,4)46)32(19-33(43)39-16-8-12-27(39)22-42)48-37(23)30-18-28(47-2)14-15-31(30)40(36(37)45)21-24-9-7-11-26(17-24)41-35(44)29-13-6-5-10-25(29)20-38-41/h5-7,9-11,13-15,17-18,20,23,27,32,34,42,46H,8,12,16,19,21-22H2,1-4H3/t23-,27+,32+,34-,37+/m1/s1. The number of fused-ring (bicyclic) bond motifs is 3. The van der Waals surface area contributed by atoms with Gasteiger partial charge in [-0.3, -0.25) is 14.4 Å². The van der Waals surface area contributed by atoms with Crippen molar-refractivity contribution in [1.29, 1.82) is 0 Å². The van der Waals surface area contributed by atoms with E-state index in [1.807, 2.05) is 74.6 Å². The molecule has 256 valence electrons. The predicted octanol–water partition coefficient (Wildman–Crippen LogP) is 4.11. The van der Waals surface area contributed by atoms with Gasteiger partial charge in [0, 0.05) is 29.0 Å². The van der Waals surface area contributed by atoms with Crippen molar-refractivity contribution in [3.8, 4) is 11.4 Å². The fourth-order valence-corrected chi connectivity index (χ4v) is 11.0. The molecule has 0 radical (unpaired) electrons. The number of methoxy groups -OCH3 is 1. The quantitative estimate of drug-likeness (QED) is 0.265. The molecule has 2 saturated heterocycles. The molecule has 0 unspecified atom stereocenters. The van der Waals surface area contributed by atoms with Crippen molar-refractivity contribution in [3.63, 3.8) is 0 Å². The lowest BCUT2D eigenvalue weighted by Crippen LogP contribution is -2.46. The summed E-state index contributed by atoms with van der Waals surface area (Å²) >= 11 is 0. The van der Waals surface area contributed by atoms with Crippen molar-refractivity contribution >= 4 is 36.6 Å². The van der Waals surface area contributed by atoms with Crippen molar-refractivity contribution in [1.82, 2.24) is 14.7 Å². The summed E-state index contributed by atoms with van der Waals surface area (Å²) in [6.07, 6.45) is 2.53. The van der Waals surface area contributed by atoms with Crippen LogP contribution in [0.1, 0.15) is 37.3 Å². The molecule has 4 aromatic rings. The number of rotatable bonds is 8. The molecule has 2 amide bonds. The lowest BCUT2D eigenvalue weighted by Gasteiger charge is -2.33. The zero-order chi connectivity index (χ0) is 34.7. The van der Waals surface area contributed by atoms with Gasteiger partial charge >= 0.3 is 0 Å². The number of anilines is 1. The average molecular weight is 683 g/mol. The Balaban J connectivity index is 1.26. The smallest absolute Gasteiger partial charge is 0.279 e. The Morgan fingerprint density at radius 1 is 1.10 bits per heavy atom. The van der Waals surface area contributed by atoms with Crippen LogP contribution in [0, 0.1) is 5.92 Å². The molecule has 5 atom stereocenters. The Kier molecular flexibility index (Phi) is 8.46. The highest BCUT2D eigenvalue weighted by Crippen LogP contribution is 2.60. The summed E-state index contributed by atoms with van der Waals surface area (Å²) in [4.78, 5) is 57.0. The molecule has 49 heavy (non-hydrogen) atoms. The van der Waals surface area contributed by atoms with E-state index < -0.39 is 31.5 Å². The van der Waals surface area contributed by atoms with Crippen LogP contribution in [0.15, 0.2) is 77.7 Å². The van der Waals surface area contributed by atoms with Crippen LogP contribution in [0.25, 0.3) is 16.5 Å². The summed E-state index contributed by atoms with van der Waals surface area (Å²) in [5, 5.41) is 15.6. The second kappa shape index (κ2) is 12.5. The average Bonchev–Trinajstić information content (AvgIpc) is 3.75. The fraction of sp³-hybridized carbons (Fsp3) is 0.405. The lowest BCUT2D eigenvalue weighted by molar-refractivity contribution is -0.150. The maximum atomic E-state index is 14.9. The Bertz CT molecular complexity index is 1990. The SMILES string of the molecule is COc1ccc2c(c1)[C@]1(O[C@@H](CC(=O)N3CCC[C@H]3CO)[C@H]([Si](C)(C)O)[C@H]1C)C(=O)N2Cc1cccc(-n2ncc3ccccc3c2=O)c1. The first kappa shape index (κ1) is 33.1. The molecule has 3 aliphatic heterocycles. The van der Waals surface area contributed by atoms with Gasteiger partial charge < -0.3 is 29.2 Å². The van der Waals surface area contributed by atoms with E-state index in [-0.39, 0.29) is 43.0 Å². The topological polar surface area (TPSA) is 134 Å². The molecule has 1 spiro atoms. The summed E-state index contributed by atoms with van der Waals surface area (Å²) in [5.74, 6) is -0.315. The number of aliphatic hydroxyl groups is 1. The van der Waals surface area contributed by atoms with Crippen molar-refractivity contribution in [2.45, 2.75) is 69.1 Å². The zero-order valence-electron chi connectivity index (χ0n) is 28.2. The van der Waals surface area contributed by atoms with Gasteiger partial charge in [-0.25, -0.2) is 0 Å². The highest BCUT2D eigenvalue weighted by molar-refractivity contribution is 6.71. The second-order valence-electron chi connectivity index (χ2n) is 14.0. The van der Waals surface area contributed by atoms with Crippen LogP contribution < -0.4 is 15.2 Å². The lowest BCUT2D eigenvalue weighted by atomic mass is 9.82. The molecule has 3 aromatic carbocycles. The summed E-state index contributed by atoms with van der Waals surface area (Å²) in [6.45, 7) is 6.25. The summed E-state index contributed by atoms with van der Waals surface area (Å²) in [7, 11) is -1.43. The van der Waals surface area contributed by atoms with Crippen LogP contribution >= 0.6 is 0 Å². The molecule has 0 saturated carbocycles. The first-order valence-electron chi connectivity index (χ1n) is 16.8. The van der Waals surface area contributed by atoms with E-state index in [9.17, 15) is 24.3 Å². The summed E-state index contributed by atoms with van der Waals surface area (Å²) in [6, 6.07) is 20.0. The minimum Gasteiger partial charge on any atom is -0.497 e. The van der Waals surface area contributed by atoms with Crippen molar-refractivity contribution < 1.29 is 29.0 Å². The third-order valence-electron chi connectivity index (χ3n) is 10.7. The van der Waals surface area contributed by atoms with Crippen LogP contribution in [0.3, 0.4) is 0 Å². The van der Waals surface area contributed by atoms with E-state index in [0.717, 1.165) is 23.8 Å². The number of carbonyl (C=O) groups is 2. The first-order valence-corrected chi connectivity index (χ1v) is 19.9. The minimum absolute atomic E-state index is 0.00633. The van der Waals surface area contributed by atoms with E-state index in [2.05, 4.69) is 5.10 Å². The van der Waals surface area contributed by atoms with Crippen molar-refractivity contribution in [2.24, 2.45) is 5.92 Å². The Hall–Kier alpha value is -4.36. The van der Waals surface area contributed by atoms with Gasteiger partial charge in [0.1, 0.15) is 5.75 Å². The third kappa shape index (κ3) is 5.47. The van der Waals surface area contributed by atoms with Gasteiger partial charge in [-0.2, -0.15) is 9.78 Å². The Labute approximate surface area is 285 Å². The van der Waals surface area contributed by atoms with E-state index in [1.54, 1.807) is 35.2 Å². The number of ether oxygens (including phenoxy) is 2. The number of hydrogen-bond acceptors (Lipinski definition) is 8. The third-order valence-corrected chi connectivity index (χ3v) is 13.2. The van der Waals surface area contributed by atoms with Crippen molar-refractivity contribution in [2.75, 3.05) is 25.2 Å². The van der Waals surface area contributed by atoms with E-state index >= 15 is 0 Å². The highest BCUT2D eigenvalue weighted by atomic mass is 28.4. The molecule has 2 N–H and O–H groups in total. The highest BCUT2D eigenvalue weighted by Gasteiger charge is 2.66. The van der Waals surface area contributed by atoms with Gasteiger partial charge in [-0.15, -0.1) is 0 Å². The van der Waals surface area contributed by atoms with Gasteiger partial charge in [-0.1, -0.05) is 37.3 Å². The zero-order valence-corrected chi connectivity index (χ0v) is 29.2. The molecule has 0 aliphatic carbocycles. The van der Waals surface area contributed by atoms with E-state index in [1.165, 1.54) is 4.68 Å². The number of carbonyl (C=O) groups excluding carboxylic acids is 2. The van der Waals surface area contributed by atoms with E-state index in [4.69, 9.17) is 9.47 Å². The maximum Gasteiger partial charge on any atom is 0.279 e. The normalized spacial score (nSPS) is 25.1. The molecule has 0 bridgehead atoms. The van der Waals surface area contributed by atoms with Gasteiger partial charge in [0.25, 0.3) is 11.5 Å². The Morgan fingerprint density at radius 3 is 2.65 bits per heavy atom. The molecule has 7 rings (SSSR count).